The van der Waals surface area contributed by atoms with Crippen molar-refractivity contribution in [1.29, 1.82) is 0 Å². The van der Waals surface area contributed by atoms with E-state index in [0.717, 1.165) is 28.8 Å². The number of hydrogen-bond acceptors (Lipinski definition) is 4. The first-order valence-corrected chi connectivity index (χ1v) is 8.12. The fourth-order valence-electron chi connectivity index (χ4n) is 2.24. The first kappa shape index (κ1) is 16.0. The van der Waals surface area contributed by atoms with Gasteiger partial charge in [0.2, 0.25) is 0 Å². The first-order chi connectivity index (χ1) is 11.8. The molecular weight excluding hydrogens is 320 g/mol. The highest BCUT2D eigenvalue weighted by molar-refractivity contribution is 7.98. The average molecular weight is 334 g/mol. The number of nitro groups is 1. The molecule has 24 heavy (non-hydrogen) atoms. The lowest BCUT2D eigenvalue weighted by Gasteiger charge is -2.07. The van der Waals surface area contributed by atoms with Crippen molar-refractivity contribution >= 4 is 23.3 Å². The molecule has 0 bridgehead atoms. The Labute approximate surface area is 144 Å². The topological polar surface area (TPSA) is 55.5 Å². The third kappa shape index (κ3) is 3.70. The Bertz CT molecular complexity index is 823. The normalized spacial score (nSPS) is 10.2. The predicted molar refractivity (Wildman–Crippen MR) is 97.5 cm³/mol. The maximum absolute atomic E-state index is 11.2. The van der Waals surface area contributed by atoms with Crippen LogP contribution in [-0.2, 0) is 0 Å². The standard InChI is InChI=1S/C19H14N2O2S/c22-21(23)17-13-7-8-14-18(17)24-20-19(15-9-3-1-4-10-15)16-11-5-2-6-12-16/h1-14H. The maximum atomic E-state index is 11.2. The summed E-state index contributed by atoms with van der Waals surface area (Å²) in [6.07, 6.45) is 0. The van der Waals surface area contributed by atoms with Crippen LogP contribution in [-0.4, -0.2) is 10.6 Å². The van der Waals surface area contributed by atoms with Gasteiger partial charge >= 0.3 is 0 Å². The van der Waals surface area contributed by atoms with Crippen LogP contribution in [0, 0.1) is 10.1 Å². The van der Waals surface area contributed by atoms with Crippen molar-refractivity contribution in [2.45, 2.75) is 4.90 Å². The smallest absolute Gasteiger partial charge is 0.258 e. The molecule has 0 saturated heterocycles. The zero-order valence-electron chi connectivity index (χ0n) is 12.7. The molecule has 0 aliphatic heterocycles. The van der Waals surface area contributed by atoms with Crippen molar-refractivity contribution in [2.24, 2.45) is 4.40 Å². The summed E-state index contributed by atoms with van der Waals surface area (Å²) >= 11 is 1.12. The zero-order chi connectivity index (χ0) is 16.8. The van der Waals surface area contributed by atoms with Crippen LogP contribution in [0.25, 0.3) is 0 Å². The quantitative estimate of drug-likeness (QED) is 0.281. The summed E-state index contributed by atoms with van der Waals surface area (Å²) in [5.41, 5.74) is 2.79. The molecule has 0 aliphatic rings. The van der Waals surface area contributed by atoms with Crippen LogP contribution in [0.4, 0.5) is 5.69 Å². The Balaban J connectivity index is 2.01. The lowest BCUT2D eigenvalue weighted by atomic mass is 10.0. The van der Waals surface area contributed by atoms with Gasteiger partial charge in [0.15, 0.2) is 0 Å². The molecule has 0 heterocycles. The van der Waals surface area contributed by atoms with Gasteiger partial charge in [0.1, 0.15) is 4.90 Å². The third-order valence-electron chi connectivity index (χ3n) is 3.39. The minimum absolute atomic E-state index is 0.0618. The summed E-state index contributed by atoms with van der Waals surface area (Å²) in [5.74, 6) is 0. The van der Waals surface area contributed by atoms with Crippen LogP contribution in [0.3, 0.4) is 0 Å². The average Bonchev–Trinajstić information content (AvgIpc) is 2.64. The van der Waals surface area contributed by atoms with Crippen molar-refractivity contribution < 1.29 is 4.92 Å². The highest BCUT2D eigenvalue weighted by Crippen LogP contribution is 2.30. The van der Waals surface area contributed by atoms with Crippen molar-refractivity contribution in [3.8, 4) is 0 Å². The van der Waals surface area contributed by atoms with Gasteiger partial charge in [0.05, 0.1) is 10.6 Å². The summed E-state index contributed by atoms with van der Waals surface area (Å²) in [6, 6.07) is 26.2. The van der Waals surface area contributed by atoms with Gasteiger partial charge < -0.3 is 0 Å². The number of nitro benzene ring substituents is 1. The van der Waals surface area contributed by atoms with E-state index in [0.29, 0.717) is 4.90 Å². The van der Waals surface area contributed by atoms with Gasteiger partial charge in [0.25, 0.3) is 5.69 Å². The third-order valence-corrected chi connectivity index (χ3v) is 4.21. The van der Waals surface area contributed by atoms with Gasteiger partial charge in [-0.3, -0.25) is 10.1 Å². The lowest BCUT2D eigenvalue weighted by Crippen LogP contribution is -2.02. The largest absolute Gasteiger partial charge is 0.284 e. The molecule has 0 fully saturated rings. The molecule has 4 nitrogen and oxygen atoms in total. The number of nitrogens with zero attached hydrogens (tertiary/aromatic N) is 2. The molecule has 118 valence electrons. The summed E-state index contributed by atoms with van der Waals surface area (Å²) in [7, 11) is 0. The summed E-state index contributed by atoms with van der Waals surface area (Å²) in [6.45, 7) is 0. The minimum Gasteiger partial charge on any atom is -0.258 e. The fourth-order valence-corrected chi connectivity index (χ4v) is 3.02. The van der Waals surface area contributed by atoms with Crippen LogP contribution < -0.4 is 0 Å². The highest BCUT2D eigenvalue weighted by Gasteiger charge is 2.14. The molecule has 0 atom stereocenters. The Kier molecular flexibility index (Phi) is 5.03. The van der Waals surface area contributed by atoms with E-state index in [1.165, 1.54) is 6.07 Å². The molecule has 0 saturated carbocycles. The van der Waals surface area contributed by atoms with Gasteiger partial charge in [0, 0.05) is 29.1 Å². The second kappa shape index (κ2) is 7.57. The molecule has 0 N–H and O–H groups in total. The van der Waals surface area contributed by atoms with E-state index in [1.54, 1.807) is 18.2 Å². The molecule has 0 aliphatic carbocycles. The van der Waals surface area contributed by atoms with E-state index < -0.39 is 0 Å². The lowest BCUT2D eigenvalue weighted by molar-refractivity contribution is -0.387. The summed E-state index contributed by atoms with van der Waals surface area (Å²) in [4.78, 5) is 11.3. The van der Waals surface area contributed by atoms with Gasteiger partial charge in [-0.15, -0.1) is 0 Å². The molecule has 0 radical (unpaired) electrons. The SMILES string of the molecule is O=[N+]([O-])c1ccccc1SN=C(c1ccccc1)c1ccccc1. The second-order valence-electron chi connectivity index (χ2n) is 4.99. The minimum atomic E-state index is -0.386. The van der Waals surface area contributed by atoms with Gasteiger partial charge in [-0.05, 0) is 6.07 Å². The van der Waals surface area contributed by atoms with Gasteiger partial charge in [-0.25, -0.2) is 4.40 Å². The number of hydrogen-bond donors (Lipinski definition) is 0. The number of rotatable bonds is 5. The van der Waals surface area contributed by atoms with Crippen molar-refractivity contribution in [2.75, 3.05) is 0 Å². The molecule has 3 rings (SSSR count). The van der Waals surface area contributed by atoms with Crippen LogP contribution >= 0.6 is 11.9 Å². The van der Waals surface area contributed by atoms with E-state index >= 15 is 0 Å². The summed E-state index contributed by atoms with van der Waals surface area (Å²) < 4.78 is 4.61. The number of benzene rings is 3. The zero-order valence-corrected chi connectivity index (χ0v) is 13.5. The molecule has 0 amide bonds. The molecular formula is C19H14N2O2S. The van der Waals surface area contributed by atoms with Gasteiger partial charge in [-0.1, -0.05) is 72.8 Å². The van der Waals surface area contributed by atoms with E-state index in [9.17, 15) is 10.1 Å². The van der Waals surface area contributed by atoms with Crippen molar-refractivity contribution in [3.63, 3.8) is 0 Å². The second-order valence-corrected chi connectivity index (χ2v) is 5.79. The monoisotopic (exact) mass is 334 g/mol. The fraction of sp³-hybridized carbons (Fsp3) is 0. The molecule has 0 aromatic heterocycles. The number of para-hydroxylation sites is 1. The summed E-state index contributed by atoms with van der Waals surface area (Å²) in [5, 5.41) is 11.2. The Morgan fingerprint density at radius 1 is 0.792 bits per heavy atom. The van der Waals surface area contributed by atoms with Gasteiger partial charge in [-0.2, -0.15) is 0 Å². The Morgan fingerprint density at radius 2 is 1.29 bits per heavy atom. The van der Waals surface area contributed by atoms with Crippen LogP contribution in [0.1, 0.15) is 11.1 Å². The van der Waals surface area contributed by atoms with Crippen molar-refractivity contribution in [1.82, 2.24) is 0 Å². The molecule has 5 heteroatoms. The maximum Gasteiger partial charge on any atom is 0.284 e. The van der Waals surface area contributed by atoms with Crippen molar-refractivity contribution in [3.05, 3.63) is 106 Å². The first-order valence-electron chi connectivity index (χ1n) is 7.35. The Morgan fingerprint density at radius 3 is 1.83 bits per heavy atom. The molecule has 0 spiro atoms. The van der Waals surface area contributed by atoms with E-state index in [-0.39, 0.29) is 10.6 Å². The van der Waals surface area contributed by atoms with Crippen LogP contribution in [0.15, 0.2) is 94.2 Å². The Hall–Kier alpha value is -2.92. The molecule has 0 unspecified atom stereocenters. The molecule has 3 aromatic rings. The van der Waals surface area contributed by atoms with E-state index in [1.807, 2.05) is 60.7 Å². The van der Waals surface area contributed by atoms with E-state index in [4.69, 9.17) is 0 Å². The molecule has 3 aromatic carbocycles. The van der Waals surface area contributed by atoms with E-state index in [2.05, 4.69) is 4.40 Å². The predicted octanol–water partition coefficient (Wildman–Crippen LogP) is 5.14. The highest BCUT2D eigenvalue weighted by atomic mass is 32.2. The van der Waals surface area contributed by atoms with Crippen LogP contribution in [0.2, 0.25) is 0 Å². The van der Waals surface area contributed by atoms with Crippen LogP contribution in [0.5, 0.6) is 0 Å².